The van der Waals surface area contributed by atoms with E-state index < -0.39 is 0 Å². The lowest BCUT2D eigenvalue weighted by Crippen LogP contribution is -2.50. The maximum absolute atomic E-state index is 12.3. The fourth-order valence-corrected chi connectivity index (χ4v) is 4.05. The smallest absolute Gasteiger partial charge is 0.254 e. The van der Waals surface area contributed by atoms with Gasteiger partial charge in [0.15, 0.2) is 0 Å². The van der Waals surface area contributed by atoms with Crippen molar-refractivity contribution in [2.24, 2.45) is 5.92 Å². The Morgan fingerprint density at radius 2 is 1.90 bits per heavy atom. The Labute approximate surface area is 176 Å². The van der Waals surface area contributed by atoms with Crippen LogP contribution in [0.15, 0.2) is 30.6 Å². The Morgan fingerprint density at radius 3 is 2.60 bits per heavy atom. The fourth-order valence-electron chi connectivity index (χ4n) is 4.05. The summed E-state index contributed by atoms with van der Waals surface area (Å²) in [5.41, 5.74) is 4.21. The summed E-state index contributed by atoms with van der Waals surface area (Å²) in [6.07, 6.45) is 2.37. The number of aromatic nitrogens is 4. The van der Waals surface area contributed by atoms with Crippen molar-refractivity contribution in [1.29, 1.82) is 0 Å². The van der Waals surface area contributed by atoms with Crippen molar-refractivity contribution in [2.45, 2.75) is 34.1 Å². The molecular formula is C22H29N7O. The lowest BCUT2D eigenvalue weighted by molar-refractivity contribution is -0.134. The predicted molar refractivity (Wildman–Crippen MR) is 118 cm³/mol. The number of hydrogen-bond donors (Lipinski definition) is 1. The van der Waals surface area contributed by atoms with Gasteiger partial charge in [0.25, 0.3) is 5.78 Å². The summed E-state index contributed by atoms with van der Waals surface area (Å²) in [7, 11) is 0. The van der Waals surface area contributed by atoms with E-state index in [1.165, 1.54) is 6.33 Å². The first-order chi connectivity index (χ1) is 14.5. The minimum Gasteiger partial charge on any atom is -0.366 e. The van der Waals surface area contributed by atoms with E-state index in [-0.39, 0.29) is 11.8 Å². The molecule has 1 amide bonds. The van der Waals surface area contributed by atoms with Gasteiger partial charge < -0.3 is 15.1 Å². The second-order valence-electron chi connectivity index (χ2n) is 7.96. The molecule has 1 aliphatic heterocycles. The number of benzene rings is 1. The van der Waals surface area contributed by atoms with Crippen LogP contribution < -0.4 is 10.2 Å². The molecule has 0 atom stereocenters. The highest BCUT2D eigenvalue weighted by molar-refractivity contribution is 5.79. The standard InChI is InChI=1S/C22H29N7O/c1-5-17-16(4)25-22-23-14-24-29(22)20(17)26-18-8-6-7-9-19(18)27-10-12-28(13-11-27)21(30)15(2)3/h6-9,14-15,26H,5,10-13H2,1-4H3. The first kappa shape index (κ1) is 20.1. The lowest BCUT2D eigenvalue weighted by atomic mass is 10.1. The summed E-state index contributed by atoms with van der Waals surface area (Å²) in [6, 6.07) is 8.29. The van der Waals surface area contributed by atoms with Gasteiger partial charge in [0.1, 0.15) is 12.1 Å². The number of para-hydroxylation sites is 2. The Morgan fingerprint density at radius 1 is 1.17 bits per heavy atom. The van der Waals surface area contributed by atoms with Crippen LogP contribution >= 0.6 is 0 Å². The van der Waals surface area contributed by atoms with Crippen LogP contribution in [0.5, 0.6) is 0 Å². The van der Waals surface area contributed by atoms with E-state index >= 15 is 0 Å². The first-order valence-electron chi connectivity index (χ1n) is 10.6. The molecule has 1 fully saturated rings. The monoisotopic (exact) mass is 407 g/mol. The van der Waals surface area contributed by atoms with Crippen LogP contribution in [0.25, 0.3) is 5.78 Å². The molecule has 2 aromatic heterocycles. The quantitative estimate of drug-likeness (QED) is 0.700. The molecule has 0 saturated carbocycles. The molecule has 8 nitrogen and oxygen atoms in total. The van der Waals surface area contributed by atoms with E-state index in [9.17, 15) is 4.79 Å². The van der Waals surface area contributed by atoms with Crippen LogP contribution in [-0.2, 0) is 11.2 Å². The maximum Gasteiger partial charge on any atom is 0.254 e. The molecule has 1 aliphatic rings. The second-order valence-corrected chi connectivity index (χ2v) is 7.96. The van der Waals surface area contributed by atoms with Crippen LogP contribution in [-0.4, -0.2) is 56.6 Å². The molecule has 0 radical (unpaired) electrons. The normalized spacial score (nSPS) is 14.6. The SMILES string of the molecule is CCc1c(C)nc2ncnn2c1Nc1ccccc1N1CCN(C(=O)C(C)C)CC1. The molecule has 0 aliphatic carbocycles. The van der Waals surface area contributed by atoms with Crippen molar-refractivity contribution >= 4 is 28.9 Å². The average Bonchev–Trinajstić information content (AvgIpc) is 3.22. The third kappa shape index (κ3) is 3.69. The maximum atomic E-state index is 12.3. The molecule has 30 heavy (non-hydrogen) atoms. The van der Waals surface area contributed by atoms with Gasteiger partial charge in [-0.05, 0) is 25.5 Å². The zero-order chi connectivity index (χ0) is 21.3. The minimum absolute atomic E-state index is 0.0398. The van der Waals surface area contributed by atoms with E-state index in [4.69, 9.17) is 0 Å². The molecule has 1 saturated heterocycles. The van der Waals surface area contributed by atoms with Crippen LogP contribution in [0.1, 0.15) is 32.0 Å². The summed E-state index contributed by atoms with van der Waals surface area (Å²) >= 11 is 0. The number of nitrogens with one attached hydrogen (secondary N) is 1. The van der Waals surface area contributed by atoms with Gasteiger partial charge in [0.2, 0.25) is 5.91 Å². The molecule has 0 unspecified atom stereocenters. The van der Waals surface area contributed by atoms with Crippen molar-refractivity contribution in [3.05, 3.63) is 41.9 Å². The molecule has 1 N–H and O–H groups in total. The fraction of sp³-hybridized carbons (Fsp3) is 0.455. The number of nitrogens with zero attached hydrogens (tertiary/aromatic N) is 6. The highest BCUT2D eigenvalue weighted by Crippen LogP contribution is 2.31. The van der Waals surface area contributed by atoms with Crippen LogP contribution in [0.4, 0.5) is 17.2 Å². The highest BCUT2D eigenvalue weighted by atomic mass is 16.2. The van der Waals surface area contributed by atoms with E-state index in [1.54, 1.807) is 4.52 Å². The largest absolute Gasteiger partial charge is 0.366 e. The molecule has 4 rings (SSSR count). The summed E-state index contributed by atoms with van der Waals surface area (Å²) < 4.78 is 1.77. The summed E-state index contributed by atoms with van der Waals surface area (Å²) in [4.78, 5) is 25.5. The average molecular weight is 408 g/mol. The number of anilines is 3. The first-order valence-corrected chi connectivity index (χ1v) is 10.6. The number of piperazine rings is 1. The molecule has 0 bridgehead atoms. The summed E-state index contributed by atoms with van der Waals surface area (Å²) in [5.74, 6) is 1.76. The molecule has 1 aromatic carbocycles. The second kappa shape index (κ2) is 8.30. The zero-order valence-electron chi connectivity index (χ0n) is 18.1. The zero-order valence-corrected chi connectivity index (χ0v) is 18.1. The number of carbonyl (C=O) groups is 1. The van der Waals surface area contributed by atoms with Gasteiger partial charge in [-0.3, -0.25) is 4.79 Å². The van der Waals surface area contributed by atoms with Gasteiger partial charge >= 0.3 is 0 Å². The van der Waals surface area contributed by atoms with E-state index in [2.05, 4.69) is 50.4 Å². The van der Waals surface area contributed by atoms with Gasteiger partial charge in [-0.2, -0.15) is 14.6 Å². The van der Waals surface area contributed by atoms with Gasteiger partial charge in [-0.25, -0.2) is 4.98 Å². The van der Waals surface area contributed by atoms with Gasteiger partial charge in [-0.1, -0.05) is 32.9 Å². The van der Waals surface area contributed by atoms with Gasteiger partial charge in [0.05, 0.1) is 11.4 Å². The van der Waals surface area contributed by atoms with Crippen LogP contribution in [0.3, 0.4) is 0 Å². The lowest BCUT2D eigenvalue weighted by Gasteiger charge is -2.37. The van der Waals surface area contributed by atoms with Gasteiger partial charge in [-0.15, -0.1) is 0 Å². The number of aryl methyl sites for hydroxylation is 1. The Kier molecular flexibility index (Phi) is 5.57. The molecule has 158 valence electrons. The third-order valence-electron chi connectivity index (χ3n) is 5.67. The van der Waals surface area contributed by atoms with Gasteiger partial charge in [0, 0.05) is 43.4 Å². The number of fused-ring (bicyclic) bond motifs is 1. The predicted octanol–water partition coefficient (Wildman–Crippen LogP) is 3.04. The third-order valence-corrected chi connectivity index (χ3v) is 5.67. The Balaban J connectivity index is 1.62. The molecular weight excluding hydrogens is 378 g/mol. The summed E-state index contributed by atoms with van der Waals surface area (Å²) in [5, 5.41) is 7.99. The van der Waals surface area contributed by atoms with Crippen LogP contribution in [0.2, 0.25) is 0 Å². The van der Waals surface area contributed by atoms with Crippen molar-refractivity contribution in [3.8, 4) is 0 Å². The molecule has 0 spiro atoms. The van der Waals surface area contributed by atoms with Crippen molar-refractivity contribution in [3.63, 3.8) is 0 Å². The van der Waals surface area contributed by atoms with E-state index in [1.807, 2.05) is 31.7 Å². The minimum atomic E-state index is 0.0398. The number of rotatable bonds is 5. The number of hydrogen-bond acceptors (Lipinski definition) is 6. The Hall–Kier alpha value is -3.16. The van der Waals surface area contributed by atoms with Crippen LogP contribution in [0, 0.1) is 12.8 Å². The van der Waals surface area contributed by atoms with Crippen molar-refractivity contribution in [1.82, 2.24) is 24.5 Å². The van der Waals surface area contributed by atoms with E-state index in [0.717, 1.165) is 61.0 Å². The highest BCUT2D eigenvalue weighted by Gasteiger charge is 2.24. The van der Waals surface area contributed by atoms with E-state index in [0.29, 0.717) is 5.78 Å². The van der Waals surface area contributed by atoms with Crippen molar-refractivity contribution in [2.75, 3.05) is 36.4 Å². The molecule has 3 aromatic rings. The molecule has 3 heterocycles. The number of carbonyl (C=O) groups excluding carboxylic acids is 1. The number of amides is 1. The Bertz CT molecular complexity index is 1050. The van der Waals surface area contributed by atoms with Crippen molar-refractivity contribution < 1.29 is 4.79 Å². The molecule has 8 heteroatoms. The topological polar surface area (TPSA) is 78.7 Å². The summed E-state index contributed by atoms with van der Waals surface area (Å²) in [6.45, 7) is 11.2.